The Kier molecular flexibility index (Phi) is 4.96. The minimum Gasteiger partial charge on any atom is -0.321 e. The molecule has 0 bridgehead atoms. The molecule has 0 spiro atoms. The van der Waals surface area contributed by atoms with Gasteiger partial charge < -0.3 is 4.57 Å². The van der Waals surface area contributed by atoms with Crippen LogP contribution in [0.15, 0.2) is 24.3 Å². The minimum atomic E-state index is -1.43. The van der Waals surface area contributed by atoms with Gasteiger partial charge in [-0.25, -0.2) is 0 Å². The average Bonchev–Trinajstić information content (AvgIpc) is 2.30. The van der Waals surface area contributed by atoms with E-state index in [0.717, 1.165) is 13.1 Å². The van der Waals surface area contributed by atoms with Crippen LogP contribution in [0.4, 0.5) is 0 Å². The largest absolute Gasteiger partial charge is 0.321 e. The first-order chi connectivity index (χ1) is 7.93. The summed E-state index contributed by atoms with van der Waals surface area (Å²) in [5.74, 6) is 0.627. The molecule has 2 heteroatoms. The van der Waals surface area contributed by atoms with Gasteiger partial charge in [0.25, 0.3) is 0 Å². The highest BCUT2D eigenvalue weighted by molar-refractivity contribution is 6.87. The summed E-state index contributed by atoms with van der Waals surface area (Å²) in [6, 6.07) is 9.30. The van der Waals surface area contributed by atoms with Gasteiger partial charge in [0.05, 0.1) is 0 Å². The molecule has 0 saturated heterocycles. The Balaban J connectivity index is 2.98. The topological polar surface area (TPSA) is 3.24 Å². The van der Waals surface area contributed by atoms with E-state index in [1.54, 1.807) is 5.19 Å². The molecule has 1 rings (SSSR count). The van der Waals surface area contributed by atoms with Gasteiger partial charge in [0.15, 0.2) is 8.24 Å². The molecule has 0 aromatic heterocycles. The van der Waals surface area contributed by atoms with E-state index in [1.807, 2.05) is 0 Å². The van der Waals surface area contributed by atoms with Gasteiger partial charge in [-0.05, 0) is 29.8 Å². The number of hydrogen-bond donors (Lipinski definition) is 0. The van der Waals surface area contributed by atoms with Crippen LogP contribution in [0.2, 0.25) is 13.1 Å². The van der Waals surface area contributed by atoms with E-state index < -0.39 is 8.24 Å². The van der Waals surface area contributed by atoms with E-state index in [-0.39, 0.29) is 0 Å². The van der Waals surface area contributed by atoms with Gasteiger partial charge >= 0.3 is 0 Å². The molecule has 1 aromatic rings. The van der Waals surface area contributed by atoms with E-state index in [9.17, 15) is 0 Å². The molecule has 0 N–H and O–H groups in total. The first kappa shape index (κ1) is 14.5. The fourth-order valence-electron chi connectivity index (χ4n) is 2.47. The first-order valence-electron chi connectivity index (χ1n) is 6.79. The summed E-state index contributed by atoms with van der Waals surface area (Å²) in [6.07, 6.45) is 0. The lowest BCUT2D eigenvalue weighted by Crippen LogP contribution is -2.57. The van der Waals surface area contributed by atoms with Gasteiger partial charge in [-0.1, -0.05) is 65.1 Å². The molecule has 0 radical (unpaired) electrons. The van der Waals surface area contributed by atoms with Crippen molar-refractivity contribution >= 4 is 13.4 Å². The van der Waals surface area contributed by atoms with E-state index in [0.29, 0.717) is 5.92 Å². The molecule has 1 nitrogen and oxygen atoms in total. The molecule has 0 atom stereocenters. The zero-order valence-corrected chi connectivity index (χ0v) is 13.2. The van der Waals surface area contributed by atoms with Crippen LogP contribution in [-0.4, -0.2) is 25.9 Å². The Morgan fingerprint density at radius 3 is 1.82 bits per heavy atom. The quantitative estimate of drug-likeness (QED) is 0.721. The SMILES string of the molecule is CCN(CC)[Si](C)(C)c1ccc(C(C)C)cc1. The highest BCUT2D eigenvalue weighted by Crippen LogP contribution is 2.15. The molecule has 0 saturated carbocycles. The second-order valence-electron chi connectivity index (χ2n) is 5.51. The summed E-state index contributed by atoms with van der Waals surface area (Å²) < 4.78 is 2.64. The van der Waals surface area contributed by atoms with Crippen LogP contribution in [-0.2, 0) is 0 Å². The maximum atomic E-state index is 2.64. The van der Waals surface area contributed by atoms with Gasteiger partial charge in [0, 0.05) is 0 Å². The highest BCUT2D eigenvalue weighted by atomic mass is 28.3. The van der Waals surface area contributed by atoms with Gasteiger partial charge in [-0.15, -0.1) is 0 Å². The molecule has 0 aliphatic heterocycles. The van der Waals surface area contributed by atoms with Crippen molar-refractivity contribution in [2.24, 2.45) is 0 Å². The van der Waals surface area contributed by atoms with Crippen molar-refractivity contribution in [1.82, 2.24) is 4.57 Å². The summed E-state index contributed by atoms with van der Waals surface area (Å²) in [4.78, 5) is 0. The zero-order chi connectivity index (χ0) is 13.1. The van der Waals surface area contributed by atoms with Crippen LogP contribution in [0.25, 0.3) is 0 Å². The first-order valence-corrected chi connectivity index (χ1v) is 9.73. The standard InChI is InChI=1S/C15H27NSi/c1-7-16(8-2)17(5,6)15-11-9-14(10-12-15)13(3)4/h9-13H,7-8H2,1-6H3. The van der Waals surface area contributed by atoms with Crippen molar-refractivity contribution in [3.63, 3.8) is 0 Å². The molecule has 96 valence electrons. The molecule has 1 aromatic carbocycles. The maximum absolute atomic E-state index is 2.64. The third-order valence-electron chi connectivity index (χ3n) is 3.84. The maximum Gasteiger partial charge on any atom is 0.154 e. The molecule has 0 unspecified atom stereocenters. The monoisotopic (exact) mass is 249 g/mol. The second-order valence-corrected chi connectivity index (χ2v) is 9.84. The summed E-state index contributed by atoms with van der Waals surface area (Å²) in [7, 11) is -1.43. The summed E-state index contributed by atoms with van der Waals surface area (Å²) >= 11 is 0. The predicted octanol–water partition coefficient (Wildman–Crippen LogP) is 3.56. The molecular weight excluding hydrogens is 222 g/mol. The van der Waals surface area contributed by atoms with Crippen LogP contribution < -0.4 is 5.19 Å². The van der Waals surface area contributed by atoms with Gasteiger partial charge in [-0.2, -0.15) is 0 Å². The molecule has 0 heterocycles. The Morgan fingerprint density at radius 1 is 1.00 bits per heavy atom. The lowest BCUT2D eigenvalue weighted by atomic mass is 10.0. The van der Waals surface area contributed by atoms with Crippen molar-refractivity contribution in [2.45, 2.75) is 46.7 Å². The third-order valence-corrected chi connectivity index (χ3v) is 7.80. The summed E-state index contributed by atoms with van der Waals surface area (Å²) in [5.41, 5.74) is 1.44. The highest BCUT2D eigenvalue weighted by Gasteiger charge is 2.29. The third kappa shape index (κ3) is 3.20. The summed E-state index contributed by atoms with van der Waals surface area (Å²) in [5, 5.41) is 1.55. The van der Waals surface area contributed by atoms with E-state index in [4.69, 9.17) is 0 Å². The Bertz CT molecular complexity index is 336. The van der Waals surface area contributed by atoms with Crippen LogP contribution in [0, 0.1) is 0 Å². The van der Waals surface area contributed by atoms with Crippen LogP contribution in [0.1, 0.15) is 39.2 Å². The second kappa shape index (κ2) is 5.83. The molecule has 0 aliphatic carbocycles. The van der Waals surface area contributed by atoms with Crippen molar-refractivity contribution < 1.29 is 0 Å². The van der Waals surface area contributed by atoms with Crippen LogP contribution in [0.3, 0.4) is 0 Å². The fourth-order valence-corrected chi connectivity index (χ4v) is 5.40. The van der Waals surface area contributed by atoms with E-state index >= 15 is 0 Å². The molecule has 0 fully saturated rings. The van der Waals surface area contributed by atoms with Crippen molar-refractivity contribution in [3.8, 4) is 0 Å². The number of rotatable bonds is 5. The molecule has 0 amide bonds. The van der Waals surface area contributed by atoms with Crippen LogP contribution >= 0.6 is 0 Å². The minimum absolute atomic E-state index is 0.627. The van der Waals surface area contributed by atoms with Crippen LogP contribution in [0.5, 0.6) is 0 Å². The van der Waals surface area contributed by atoms with Gasteiger partial charge in [0.1, 0.15) is 0 Å². The number of hydrogen-bond acceptors (Lipinski definition) is 1. The lowest BCUT2D eigenvalue weighted by molar-refractivity contribution is 0.474. The molecule has 17 heavy (non-hydrogen) atoms. The van der Waals surface area contributed by atoms with Crippen molar-refractivity contribution in [2.75, 3.05) is 13.1 Å². The molecule has 0 aliphatic rings. The van der Waals surface area contributed by atoms with E-state index in [1.165, 1.54) is 5.56 Å². The number of benzene rings is 1. The van der Waals surface area contributed by atoms with E-state index in [2.05, 4.69) is 69.6 Å². The van der Waals surface area contributed by atoms with Crippen molar-refractivity contribution in [3.05, 3.63) is 29.8 Å². The number of nitrogens with zero attached hydrogens (tertiary/aromatic N) is 1. The average molecular weight is 249 g/mol. The fraction of sp³-hybridized carbons (Fsp3) is 0.600. The smallest absolute Gasteiger partial charge is 0.154 e. The zero-order valence-electron chi connectivity index (χ0n) is 12.2. The predicted molar refractivity (Wildman–Crippen MR) is 80.6 cm³/mol. The van der Waals surface area contributed by atoms with Gasteiger partial charge in [0.2, 0.25) is 0 Å². The Hall–Kier alpha value is -0.603. The van der Waals surface area contributed by atoms with Gasteiger partial charge in [-0.3, -0.25) is 0 Å². The lowest BCUT2D eigenvalue weighted by Gasteiger charge is -2.35. The normalized spacial score (nSPS) is 12.5. The summed E-state index contributed by atoms with van der Waals surface area (Å²) in [6.45, 7) is 16.2. The Morgan fingerprint density at radius 2 is 1.47 bits per heavy atom. The van der Waals surface area contributed by atoms with Crippen molar-refractivity contribution in [1.29, 1.82) is 0 Å². The Labute approximate surface area is 108 Å². The molecular formula is C15H27NSi.